The molecule has 1 fully saturated rings. The van der Waals surface area contributed by atoms with E-state index in [9.17, 15) is 0 Å². The molecule has 88 valence electrons. The zero-order valence-electron chi connectivity index (χ0n) is 9.48. The van der Waals surface area contributed by atoms with E-state index in [0.29, 0.717) is 24.1 Å². The van der Waals surface area contributed by atoms with Crippen LogP contribution in [-0.4, -0.2) is 23.2 Å². The minimum Gasteiger partial charge on any atom is -0.478 e. The molecule has 1 saturated heterocycles. The molecule has 1 aliphatic rings. The van der Waals surface area contributed by atoms with E-state index in [1.54, 1.807) is 6.07 Å². The van der Waals surface area contributed by atoms with Crippen molar-refractivity contribution in [1.82, 2.24) is 9.97 Å². The molecule has 0 saturated carbocycles. The van der Waals surface area contributed by atoms with Crippen LogP contribution in [0.1, 0.15) is 38.1 Å². The predicted octanol–water partition coefficient (Wildman–Crippen LogP) is 1.70. The molecule has 1 aromatic heterocycles. The standard InChI is InChI=1S/C11H17N3O2/c1-2-5-16-10-7-9(12)13-11(14-10)8-4-3-6-15-8/h7-8H,2-6H2,1H3,(H2,12,13,14). The van der Waals surface area contributed by atoms with Crippen molar-refractivity contribution in [2.75, 3.05) is 18.9 Å². The van der Waals surface area contributed by atoms with Gasteiger partial charge in [0.25, 0.3) is 0 Å². The Kier molecular flexibility index (Phi) is 3.56. The fourth-order valence-electron chi connectivity index (χ4n) is 1.67. The largest absolute Gasteiger partial charge is 0.478 e. The molecular formula is C11H17N3O2. The molecule has 0 radical (unpaired) electrons. The molecule has 16 heavy (non-hydrogen) atoms. The lowest BCUT2D eigenvalue weighted by atomic mass is 10.2. The van der Waals surface area contributed by atoms with Gasteiger partial charge in [-0.3, -0.25) is 0 Å². The Morgan fingerprint density at radius 2 is 2.44 bits per heavy atom. The van der Waals surface area contributed by atoms with E-state index in [1.807, 2.05) is 6.92 Å². The van der Waals surface area contributed by atoms with Crippen molar-refractivity contribution in [2.24, 2.45) is 0 Å². The highest BCUT2D eigenvalue weighted by Gasteiger charge is 2.21. The summed E-state index contributed by atoms with van der Waals surface area (Å²) in [6, 6.07) is 1.65. The van der Waals surface area contributed by atoms with Crippen LogP contribution in [0.15, 0.2) is 6.07 Å². The molecule has 1 atom stereocenters. The van der Waals surface area contributed by atoms with Crippen LogP contribution < -0.4 is 10.5 Å². The van der Waals surface area contributed by atoms with Gasteiger partial charge in [0.15, 0.2) is 5.82 Å². The number of ether oxygens (including phenoxy) is 2. The number of nitrogens with zero attached hydrogens (tertiary/aromatic N) is 2. The maximum atomic E-state index is 5.71. The van der Waals surface area contributed by atoms with Gasteiger partial charge in [-0.1, -0.05) is 6.92 Å². The lowest BCUT2D eigenvalue weighted by Gasteiger charge is -2.10. The van der Waals surface area contributed by atoms with Gasteiger partial charge in [-0.15, -0.1) is 0 Å². The minimum absolute atomic E-state index is 0.0209. The highest BCUT2D eigenvalue weighted by Crippen LogP contribution is 2.27. The molecule has 5 heteroatoms. The first-order chi connectivity index (χ1) is 7.79. The smallest absolute Gasteiger partial charge is 0.218 e. The number of anilines is 1. The second-order valence-electron chi connectivity index (χ2n) is 3.84. The summed E-state index contributed by atoms with van der Waals surface area (Å²) in [5.74, 6) is 1.62. The number of nitrogen functional groups attached to an aromatic ring is 1. The first kappa shape index (κ1) is 11.1. The number of nitrogens with two attached hydrogens (primary N) is 1. The molecule has 1 aromatic rings. The van der Waals surface area contributed by atoms with Gasteiger partial charge in [-0.2, -0.15) is 4.98 Å². The molecule has 2 N–H and O–H groups in total. The maximum Gasteiger partial charge on any atom is 0.218 e. The van der Waals surface area contributed by atoms with E-state index in [2.05, 4.69) is 9.97 Å². The van der Waals surface area contributed by atoms with Crippen LogP contribution in [0.5, 0.6) is 5.88 Å². The zero-order valence-corrected chi connectivity index (χ0v) is 9.48. The van der Waals surface area contributed by atoms with E-state index in [4.69, 9.17) is 15.2 Å². The van der Waals surface area contributed by atoms with Crippen LogP contribution >= 0.6 is 0 Å². The molecular weight excluding hydrogens is 206 g/mol. The Morgan fingerprint density at radius 3 is 3.12 bits per heavy atom. The number of aromatic nitrogens is 2. The third-order valence-electron chi connectivity index (χ3n) is 2.41. The fraction of sp³-hybridized carbons (Fsp3) is 0.636. The third kappa shape index (κ3) is 2.61. The lowest BCUT2D eigenvalue weighted by molar-refractivity contribution is 0.104. The summed E-state index contributed by atoms with van der Waals surface area (Å²) in [7, 11) is 0. The first-order valence-corrected chi connectivity index (χ1v) is 5.68. The summed E-state index contributed by atoms with van der Waals surface area (Å²) in [5.41, 5.74) is 5.71. The summed E-state index contributed by atoms with van der Waals surface area (Å²) in [6.07, 6.45) is 2.93. The summed E-state index contributed by atoms with van der Waals surface area (Å²) in [4.78, 5) is 8.50. The van der Waals surface area contributed by atoms with E-state index in [0.717, 1.165) is 25.9 Å². The average Bonchev–Trinajstić information content (AvgIpc) is 2.79. The summed E-state index contributed by atoms with van der Waals surface area (Å²) < 4.78 is 11.0. The zero-order chi connectivity index (χ0) is 11.4. The Bertz CT molecular complexity index is 351. The van der Waals surface area contributed by atoms with Crippen LogP contribution in [-0.2, 0) is 4.74 Å². The molecule has 0 aromatic carbocycles. The maximum absolute atomic E-state index is 5.71. The van der Waals surface area contributed by atoms with Crippen molar-refractivity contribution in [1.29, 1.82) is 0 Å². The van der Waals surface area contributed by atoms with Crippen molar-refractivity contribution < 1.29 is 9.47 Å². The predicted molar refractivity (Wildman–Crippen MR) is 60.2 cm³/mol. The first-order valence-electron chi connectivity index (χ1n) is 5.68. The molecule has 2 rings (SSSR count). The van der Waals surface area contributed by atoms with Crippen molar-refractivity contribution in [3.63, 3.8) is 0 Å². The molecule has 1 aliphatic heterocycles. The third-order valence-corrected chi connectivity index (χ3v) is 2.41. The van der Waals surface area contributed by atoms with Crippen LogP contribution in [0.2, 0.25) is 0 Å². The Morgan fingerprint density at radius 1 is 1.56 bits per heavy atom. The molecule has 0 amide bonds. The van der Waals surface area contributed by atoms with Gasteiger partial charge < -0.3 is 15.2 Å². The van der Waals surface area contributed by atoms with Gasteiger partial charge >= 0.3 is 0 Å². The number of rotatable bonds is 4. The molecule has 1 unspecified atom stereocenters. The van der Waals surface area contributed by atoms with Gasteiger partial charge in [0.05, 0.1) is 6.61 Å². The Balaban J connectivity index is 2.14. The van der Waals surface area contributed by atoms with Crippen molar-refractivity contribution in [2.45, 2.75) is 32.3 Å². The van der Waals surface area contributed by atoms with Crippen molar-refractivity contribution >= 4 is 5.82 Å². The normalized spacial score (nSPS) is 19.9. The SMILES string of the molecule is CCCOc1cc(N)nc(C2CCCO2)n1. The quantitative estimate of drug-likeness (QED) is 0.841. The van der Waals surface area contributed by atoms with Gasteiger partial charge in [0.1, 0.15) is 11.9 Å². The van der Waals surface area contributed by atoms with Crippen molar-refractivity contribution in [3.8, 4) is 5.88 Å². The van der Waals surface area contributed by atoms with Gasteiger partial charge in [-0.25, -0.2) is 4.98 Å². The van der Waals surface area contributed by atoms with Crippen LogP contribution in [0.3, 0.4) is 0 Å². The topological polar surface area (TPSA) is 70.3 Å². The van der Waals surface area contributed by atoms with Gasteiger partial charge in [-0.05, 0) is 19.3 Å². The van der Waals surface area contributed by atoms with Crippen molar-refractivity contribution in [3.05, 3.63) is 11.9 Å². The molecule has 5 nitrogen and oxygen atoms in total. The van der Waals surface area contributed by atoms with Gasteiger partial charge in [0, 0.05) is 12.7 Å². The van der Waals surface area contributed by atoms with Crippen LogP contribution in [0.4, 0.5) is 5.82 Å². The average molecular weight is 223 g/mol. The molecule has 0 spiro atoms. The Hall–Kier alpha value is -1.36. The van der Waals surface area contributed by atoms with Gasteiger partial charge in [0.2, 0.25) is 5.88 Å². The van der Waals surface area contributed by atoms with Crippen LogP contribution in [0.25, 0.3) is 0 Å². The molecule has 2 heterocycles. The summed E-state index contributed by atoms with van der Waals surface area (Å²) >= 11 is 0. The summed E-state index contributed by atoms with van der Waals surface area (Å²) in [5, 5.41) is 0. The minimum atomic E-state index is -0.0209. The highest BCUT2D eigenvalue weighted by molar-refractivity contribution is 5.33. The van der Waals surface area contributed by atoms with Crippen LogP contribution in [0, 0.1) is 0 Å². The molecule has 0 aliphatic carbocycles. The number of hydrogen-bond acceptors (Lipinski definition) is 5. The summed E-state index contributed by atoms with van der Waals surface area (Å²) in [6.45, 7) is 3.46. The fourth-order valence-corrected chi connectivity index (χ4v) is 1.67. The second-order valence-corrected chi connectivity index (χ2v) is 3.84. The van der Waals surface area contributed by atoms with E-state index in [-0.39, 0.29) is 6.10 Å². The lowest BCUT2D eigenvalue weighted by Crippen LogP contribution is -2.08. The monoisotopic (exact) mass is 223 g/mol. The number of hydrogen-bond donors (Lipinski definition) is 1. The van der Waals surface area contributed by atoms with E-state index >= 15 is 0 Å². The van der Waals surface area contributed by atoms with E-state index < -0.39 is 0 Å². The molecule has 0 bridgehead atoms. The highest BCUT2D eigenvalue weighted by atomic mass is 16.5. The Labute approximate surface area is 95.0 Å². The second kappa shape index (κ2) is 5.12. The van der Waals surface area contributed by atoms with E-state index in [1.165, 1.54) is 0 Å².